The Hall–Kier alpha value is -1.55. The molecule has 0 spiro atoms. The highest BCUT2D eigenvalue weighted by Crippen LogP contribution is 2.18. The van der Waals surface area contributed by atoms with E-state index in [9.17, 15) is 9.59 Å². The molecule has 0 atom stereocenters. The van der Waals surface area contributed by atoms with E-state index in [1.165, 1.54) is 0 Å². The predicted octanol–water partition coefficient (Wildman–Crippen LogP) is 2.63. The average Bonchev–Trinajstić information content (AvgIpc) is 3.51. The summed E-state index contributed by atoms with van der Waals surface area (Å²) in [7, 11) is 0. The predicted molar refractivity (Wildman–Crippen MR) is 130 cm³/mol. The van der Waals surface area contributed by atoms with Gasteiger partial charge in [0.1, 0.15) is 0 Å². The van der Waals surface area contributed by atoms with Gasteiger partial charge in [-0.3, -0.25) is 14.6 Å². The molecule has 1 aliphatic carbocycles. The quantitative estimate of drug-likeness (QED) is 0.227. The highest BCUT2D eigenvalue weighted by Gasteiger charge is 2.26. The number of aliphatic imine (C=N–C) groups is 1. The zero-order valence-electron chi connectivity index (χ0n) is 17.4. The first kappa shape index (κ1) is 24.7. The summed E-state index contributed by atoms with van der Waals surface area (Å²) < 4.78 is 0. The number of rotatable bonds is 8. The molecule has 1 heterocycles. The number of guanidine groups is 1. The lowest BCUT2D eigenvalue weighted by molar-refractivity contribution is -0.135. The molecule has 1 aromatic carbocycles. The van der Waals surface area contributed by atoms with Crippen molar-refractivity contribution in [2.45, 2.75) is 45.2 Å². The summed E-state index contributed by atoms with van der Waals surface area (Å²) in [6, 6.07) is 8.00. The number of carbonyl (C=O) groups is 2. The number of benzene rings is 1. The number of hydrogen-bond donors (Lipinski definition) is 2. The molecule has 2 aliphatic rings. The van der Waals surface area contributed by atoms with Crippen LogP contribution in [0.4, 0.5) is 0 Å². The number of nitrogens with one attached hydrogen (secondary N) is 2. The Balaban J connectivity index is 0.00000320. The van der Waals surface area contributed by atoms with Crippen LogP contribution < -0.4 is 10.6 Å². The van der Waals surface area contributed by atoms with Crippen LogP contribution >= 0.6 is 35.6 Å². The first-order valence-electron chi connectivity index (χ1n) is 10.4. The van der Waals surface area contributed by atoms with E-state index in [1.807, 2.05) is 41.0 Å². The molecule has 9 heteroatoms. The third-order valence-electron chi connectivity index (χ3n) is 5.01. The normalized spacial score (nSPS) is 16.9. The zero-order chi connectivity index (χ0) is 20.6. The SMILES string of the molecule is CCNC(=NCCCC(=O)NC1CC1)N1CCN(Cc2ccc(Cl)cc2)C(=O)C1.I. The van der Waals surface area contributed by atoms with Crippen molar-refractivity contribution in [2.75, 3.05) is 32.7 Å². The maximum absolute atomic E-state index is 12.6. The van der Waals surface area contributed by atoms with E-state index >= 15 is 0 Å². The molecule has 1 aliphatic heterocycles. The van der Waals surface area contributed by atoms with E-state index < -0.39 is 0 Å². The summed E-state index contributed by atoms with van der Waals surface area (Å²) in [5, 5.41) is 6.95. The van der Waals surface area contributed by atoms with E-state index in [0.717, 1.165) is 37.5 Å². The minimum Gasteiger partial charge on any atom is -0.357 e. The Morgan fingerprint density at radius 2 is 1.97 bits per heavy atom. The van der Waals surface area contributed by atoms with Crippen molar-refractivity contribution in [1.82, 2.24) is 20.4 Å². The fraction of sp³-hybridized carbons (Fsp3) is 0.571. The summed E-state index contributed by atoms with van der Waals surface area (Å²) in [6.07, 6.45) is 3.41. The highest BCUT2D eigenvalue weighted by molar-refractivity contribution is 14.0. The van der Waals surface area contributed by atoms with Crippen LogP contribution in [0, 0.1) is 0 Å². The van der Waals surface area contributed by atoms with Crippen LogP contribution in [-0.4, -0.2) is 66.3 Å². The lowest BCUT2D eigenvalue weighted by Crippen LogP contribution is -2.55. The Kier molecular flexibility index (Phi) is 10.2. The second-order valence-electron chi connectivity index (χ2n) is 7.54. The first-order chi connectivity index (χ1) is 14.0. The van der Waals surface area contributed by atoms with Gasteiger partial charge in [-0.25, -0.2) is 0 Å². The van der Waals surface area contributed by atoms with Gasteiger partial charge in [-0.1, -0.05) is 23.7 Å². The maximum atomic E-state index is 12.6. The first-order valence-corrected chi connectivity index (χ1v) is 10.8. The lowest BCUT2D eigenvalue weighted by Gasteiger charge is -2.36. The molecule has 7 nitrogen and oxygen atoms in total. The molecular formula is C21H31ClIN5O2. The Bertz CT molecular complexity index is 739. The standard InChI is InChI=1S/C21H30ClN5O2.HI/c1-2-23-21(24-11-3-4-19(28)25-18-9-10-18)27-13-12-26(20(29)15-27)14-16-5-7-17(22)8-6-16;/h5-8,18H,2-4,9-15H2,1H3,(H,23,24)(H,25,28);1H. The van der Waals surface area contributed by atoms with Crippen LogP contribution in [-0.2, 0) is 16.1 Å². The van der Waals surface area contributed by atoms with Crippen LogP contribution in [0.25, 0.3) is 0 Å². The van der Waals surface area contributed by atoms with Gasteiger partial charge >= 0.3 is 0 Å². The molecule has 3 rings (SSSR count). The molecule has 0 radical (unpaired) electrons. The molecule has 2 N–H and O–H groups in total. The van der Waals surface area contributed by atoms with Gasteiger partial charge in [0.05, 0.1) is 6.54 Å². The summed E-state index contributed by atoms with van der Waals surface area (Å²) in [4.78, 5) is 32.9. The molecule has 0 unspecified atom stereocenters. The Morgan fingerprint density at radius 3 is 2.60 bits per heavy atom. The lowest BCUT2D eigenvalue weighted by atomic mass is 10.2. The molecule has 2 fully saturated rings. The van der Waals surface area contributed by atoms with E-state index in [4.69, 9.17) is 11.6 Å². The summed E-state index contributed by atoms with van der Waals surface area (Å²) in [5.41, 5.74) is 1.07. The minimum absolute atomic E-state index is 0. The molecule has 1 aromatic rings. The minimum atomic E-state index is 0. The highest BCUT2D eigenvalue weighted by atomic mass is 127. The van der Waals surface area contributed by atoms with Crippen LogP contribution in [0.15, 0.2) is 29.3 Å². The van der Waals surface area contributed by atoms with Gasteiger partial charge in [-0.15, -0.1) is 24.0 Å². The molecular weight excluding hydrogens is 517 g/mol. The maximum Gasteiger partial charge on any atom is 0.242 e. The number of hydrogen-bond acceptors (Lipinski definition) is 3. The number of amides is 2. The Labute approximate surface area is 200 Å². The van der Waals surface area contributed by atoms with Crippen molar-refractivity contribution < 1.29 is 9.59 Å². The fourth-order valence-electron chi connectivity index (χ4n) is 3.24. The fourth-order valence-corrected chi connectivity index (χ4v) is 3.37. The van der Waals surface area contributed by atoms with Crippen LogP contribution in [0.1, 0.15) is 38.2 Å². The number of piperazine rings is 1. The molecule has 1 saturated carbocycles. The third kappa shape index (κ3) is 7.94. The zero-order valence-corrected chi connectivity index (χ0v) is 20.5. The van der Waals surface area contributed by atoms with Crippen LogP contribution in [0.3, 0.4) is 0 Å². The van der Waals surface area contributed by atoms with Crippen molar-refractivity contribution in [3.8, 4) is 0 Å². The van der Waals surface area contributed by atoms with Crippen LogP contribution in [0.2, 0.25) is 5.02 Å². The van der Waals surface area contributed by atoms with E-state index in [0.29, 0.717) is 50.1 Å². The van der Waals surface area contributed by atoms with Gasteiger partial charge in [0.2, 0.25) is 11.8 Å². The molecule has 30 heavy (non-hydrogen) atoms. The topological polar surface area (TPSA) is 77.0 Å². The van der Waals surface area contributed by atoms with Gasteiger partial charge in [-0.05, 0) is 43.9 Å². The number of carbonyl (C=O) groups excluding carboxylic acids is 2. The smallest absolute Gasteiger partial charge is 0.242 e. The monoisotopic (exact) mass is 547 g/mol. The van der Waals surface area contributed by atoms with Crippen molar-refractivity contribution in [3.63, 3.8) is 0 Å². The largest absolute Gasteiger partial charge is 0.357 e. The second kappa shape index (κ2) is 12.3. The van der Waals surface area contributed by atoms with Crippen LogP contribution in [0.5, 0.6) is 0 Å². The van der Waals surface area contributed by atoms with Crippen molar-refractivity contribution in [2.24, 2.45) is 4.99 Å². The van der Waals surface area contributed by atoms with Crippen molar-refractivity contribution in [3.05, 3.63) is 34.9 Å². The molecule has 1 saturated heterocycles. The van der Waals surface area contributed by atoms with E-state index in [-0.39, 0.29) is 35.8 Å². The van der Waals surface area contributed by atoms with Gasteiger partial charge in [0, 0.05) is 50.2 Å². The van der Waals surface area contributed by atoms with Crippen molar-refractivity contribution >= 4 is 53.4 Å². The van der Waals surface area contributed by atoms with Gasteiger partial charge in [0.15, 0.2) is 5.96 Å². The Morgan fingerprint density at radius 1 is 1.23 bits per heavy atom. The third-order valence-corrected chi connectivity index (χ3v) is 5.26. The number of nitrogens with zero attached hydrogens (tertiary/aromatic N) is 3. The second-order valence-corrected chi connectivity index (χ2v) is 7.98. The molecule has 166 valence electrons. The van der Waals surface area contributed by atoms with E-state index in [2.05, 4.69) is 15.6 Å². The van der Waals surface area contributed by atoms with Gasteiger partial charge in [-0.2, -0.15) is 0 Å². The summed E-state index contributed by atoms with van der Waals surface area (Å²) in [5.74, 6) is 0.939. The average molecular weight is 548 g/mol. The van der Waals surface area contributed by atoms with E-state index in [1.54, 1.807) is 0 Å². The summed E-state index contributed by atoms with van der Waals surface area (Å²) in [6.45, 7) is 5.59. The number of halogens is 2. The molecule has 2 amide bonds. The van der Waals surface area contributed by atoms with Gasteiger partial charge < -0.3 is 20.4 Å². The summed E-state index contributed by atoms with van der Waals surface area (Å²) >= 11 is 5.93. The molecule has 0 aromatic heterocycles. The van der Waals surface area contributed by atoms with Gasteiger partial charge in [0.25, 0.3) is 0 Å². The molecule has 0 bridgehead atoms. The van der Waals surface area contributed by atoms with Crippen molar-refractivity contribution in [1.29, 1.82) is 0 Å².